The number of carbonyl (C=O) groups is 1. The van der Waals surface area contributed by atoms with Crippen molar-refractivity contribution in [2.45, 2.75) is 76.0 Å². The molecule has 1 aromatic heterocycles. The summed E-state index contributed by atoms with van der Waals surface area (Å²) in [4.78, 5) is 25.2. The van der Waals surface area contributed by atoms with Gasteiger partial charge in [-0.05, 0) is 51.8 Å². The molecule has 2 atom stereocenters. The Kier molecular flexibility index (Phi) is 6.23. The average molecular weight is 454 g/mol. The van der Waals surface area contributed by atoms with Crippen LogP contribution in [0.3, 0.4) is 0 Å². The first-order valence-electron chi connectivity index (χ1n) is 12.3. The van der Waals surface area contributed by atoms with Gasteiger partial charge in [-0.1, -0.05) is 19.3 Å². The van der Waals surface area contributed by atoms with E-state index in [-0.39, 0.29) is 18.0 Å². The van der Waals surface area contributed by atoms with E-state index in [1.54, 1.807) is 7.11 Å². The number of amidine groups is 1. The Balaban J connectivity index is 1.38. The quantitative estimate of drug-likeness (QED) is 0.707. The number of anilines is 1. The summed E-state index contributed by atoms with van der Waals surface area (Å²) in [6.07, 6.45) is 8.03. The minimum atomic E-state index is -0.358. The van der Waals surface area contributed by atoms with Gasteiger partial charge in [-0.3, -0.25) is 14.8 Å². The Morgan fingerprint density at radius 1 is 1.12 bits per heavy atom. The van der Waals surface area contributed by atoms with Crippen molar-refractivity contribution >= 4 is 23.3 Å². The number of hydrogen-bond donors (Lipinski definition) is 2. The van der Waals surface area contributed by atoms with Gasteiger partial charge in [0.15, 0.2) is 6.04 Å². The number of rotatable bonds is 5. The van der Waals surface area contributed by atoms with Crippen molar-refractivity contribution in [3.05, 3.63) is 17.7 Å². The Hall–Kier alpha value is -2.68. The molecule has 4 aliphatic rings. The predicted molar refractivity (Wildman–Crippen MR) is 129 cm³/mol. The van der Waals surface area contributed by atoms with Crippen LogP contribution >= 0.6 is 0 Å². The topological polar surface area (TPSA) is 94.5 Å². The van der Waals surface area contributed by atoms with Crippen LogP contribution in [0.15, 0.2) is 22.2 Å². The van der Waals surface area contributed by atoms with E-state index in [1.165, 1.54) is 19.3 Å². The summed E-state index contributed by atoms with van der Waals surface area (Å²) in [5, 5.41) is 13.2. The Morgan fingerprint density at radius 3 is 2.58 bits per heavy atom. The van der Waals surface area contributed by atoms with Crippen LogP contribution < -0.4 is 20.3 Å². The molecule has 178 valence electrons. The van der Waals surface area contributed by atoms with E-state index >= 15 is 0 Å². The first kappa shape index (κ1) is 22.1. The van der Waals surface area contributed by atoms with Gasteiger partial charge in [0.05, 0.1) is 18.4 Å². The van der Waals surface area contributed by atoms with Crippen molar-refractivity contribution in [1.82, 2.24) is 20.6 Å². The molecule has 1 saturated heterocycles. The largest absolute Gasteiger partial charge is 0.480 e. The zero-order chi connectivity index (χ0) is 22.9. The zero-order valence-corrected chi connectivity index (χ0v) is 19.9. The number of aliphatic imine (C=N–C) groups is 1. The lowest BCUT2D eigenvalue weighted by Crippen LogP contribution is -2.56. The maximum Gasteiger partial charge on any atom is 0.252 e. The first-order chi connectivity index (χ1) is 16.1. The average Bonchev–Trinajstić information content (AvgIpc) is 3.21. The summed E-state index contributed by atoms with van der Waals surface area (Å²) in [7, 11) is 3.63. The van der Waals surface area contributed by atoms with Crippen LogP contribution in [0.1, 0.15) is 57.4 Å². The van der Waals surface area contributed by atoms with Crippen molar-refractivity contribution in [1.29, 1.82) is 0 Å². The highest BCUT2D eigenvalue weighted by Crippen LogP contribution is 2.32. The monoisotopic (exact) mass is 453 g/mol. The van der Waals surface area contributed by atoms with Gasteiger partial charge in [-0.2, -0.15) is 10.1 Å². The summed E-state index contributed by atoms with van der Waals surface area (Å²) >= 11 is 0. The highest BCUT2D eigenvalue weighted by Gasteiger charge is 2.46. The smallest absolute Gasteiger partial charge is 0.252 e. The van der Waals surface area contributed by atoms with E-state index in [0.717, 1.165) is 50.3 Å². The summed E-state index contributed by atoms with van der Waals surface area (Å²) in [5.41, 5.74) is 1.61. The van der Waals surface area contributed by atoms with Crippen molar-refractivity contribution < 1.29 is 9.53 Å². The van der Waals surface area contributed by atoms with Gasteiger partial charge < -0.3 is 20.3 Å². The molecule has 0 radical (unpaired) electrons. The van der Waals surface area contributed by atoms with Gasteiger partial charge in [0.1, 0.15) is 17.7 Å². The molecule has 9 heteroatoms. The third-order valence-corrected chi connectivity index (χ3v) is 7.53. The molecule has 0 aromatic carbocycles. The second-order valence-electron chi connectivity index (χ2n) is 9.55. The van der Waals surface area contributed by atoms with E-state index in [0.29, 0.717) is 29.4 Å². The van der Waals surface area contributed by atoms with Crippen LogP contribution in [-0.4, -0.2) is 78.9 Å². The summed E-state index contributed by atoms with van der Waals surface area (Å²) in [6, 6.07) is 4.23. The number of hydrogen-bond acceptors (Lipinski definition) is 8. The summed E-state index contributed by atoms with van der Waals surface area (Å²) in [5.74, 6) is 1.85. The second-order valence-corrected chi connectivity index (χ2v) is 9.55. The number of amides is 1. The molecule has 0 spiro atoms. The SMILES string of the molecule is CNC1CCN(c2ccc(C3=NC4C(C)=NN(C5CCCCC5)C4C(=O)N3)c(OC)n2)CC1. The van der Waals surface area contributed by atoms with Crippen LogP contribution in [0, 0.1) is 0 Å². The molecule has 4 heterocycles. The molecular formula is C24H35N7O2. The summed E-state index contributed by atoms with van der Waals surface area (Å²) < 4.78 is 5.64. The molecule has 0 bridgehead atoms. The fourth-order valence-electron chi connectivity index (χ4n) is 5.60. The van der Waals surface area contributed by atoms with Gasteiger partial charge in [0, 0.05) is 25.2 Å². The molecule has 3 aliphatic heterocycles. The number of nitrogens with one attached hydrogen (secondary N) is 2. The molecule has 1 aromatic rings. The predicted octanol–water partition coefficient (Wildman–Crippen LogP) is 1.92. The first-order valence-corrected chi connectivity index (χ1v) is 12.3. The summed E-state index contributed by atoms with van der Waals surface area (Å²) in [6.45, 7) is 3.89. The highest BCUT2D eigenvalue weighted by molar-refractivity contribution is 6.15. The standard InChI is InChI=1S/C24H35N7O2/c1-15-20-21(31(29-15)17-7-5-4-6-8-17)23(32)28-22(27-20)18-9-10-19(26-24(18)33-3)30-13-11-16(25-2)12-14-30/h9-10,16-17,20-21,25H,4-8,11-14H2,1-3H3,(H,27,28,32). The van der Waals surface area contributed by atoms with Crippen molar-refractivity contribution in [2.75, 3.05) is 32.1 Å². The molecule has 5 rings (SSSR count). The van der Waals surface area contributed by atoms with Gasteiger partial charge in [-0.15, -0.1) is 0 Å². The van der Waals surface area contributed by atoms with E-state index in [9.17, 15) is 4.79 Å². The van der Waals surface area contributed by atoms with Gasteiger partial charge in [0.25, 0.3) is 5.91 Å². The minimum Gasteiger partial charge on any atom is -0.480 e. The Labute approximate surface area is 195 Å². The van der Waals surface area contributed by atoms with E-state index in [4.69, 9.17) is 19.8 Å². The second kappa shape index (κ2) is 9.29. The maximum atomic E-state index is 13.2. The van der Waals surface area contributed by atoms with Crippen molar-refractivity contribution in [2.24, 2.45) is 10.1 Å². The Bertz CT molecular complexity index is 948. The third kappa shape index (κ3) is 4.18. The molecule has 1 amide bonds. The van der Waals surface area contributed by atoms with Crippen LogP contribution in [0.4, 0.5) is 5.82 Å². The maximum absolute atomic E-state index is 13.2. The number of ether oxygens (including phenoxy) is 1. The molecule has 9 nitrogen and oxygen atoms in total. The fourth-order valence-corrected chi connectivity index (χ4v) is 5.60. The number of methoxy groups -OCH3 is 1. The number of carbonyl (C=O) groups excluding carboxylic acids is 1. The molecular weight excluding hydrogens is 418 g/mol. The highest BCUT2D eigenvalue weighted by atomic mass is 16.5. The van der Waals surface area contributed by atoms with Gasteiger partial charge in [-0.25, -0.2) is 0 Å². The van der Waals surface area contributed by atoms with Crippen LogP contribution in [-0.2, 0) is 4.79 Å². The van der Waals surface area contributed by atoms with Gasteiger partial charge >= 0.3 is 0 Å². The third-order valence-electron chi connectivity index (χ3n) is 7.53. The number of pyridine rings is 1. The molecule has 2 fully saturated rings. The zero-order valence-electron chi connectivity index (χ0n) is 19.9. The number of piperidine rings is 1. The molecule has 1 aliphatic carbocycles. The van der Waals surface area contributed by atoms with E-state index < -0.39 is 0 Å². The fraction of sp³-hybridized carbons (Fsp3) is 0.667. The van der Waals surface area contributed by atoms with Gasteiger partial charge in [0.2, 0.25) is 5.88 Å². The lowest BCUT2D eigenvalue weighted by atomic mass is 9.93. The molecule has 33 heavy (non-hydrogen) atoms. The number of nitrogens with zero attached hydrogens (tertiary/aromatic N) is 5. The molecule has 2 N–H and O–H groups in total. The van der Waals surface area contributed by atoms with Crippen LogP contribution in [0.5, 0.6) is 5.88 Å². The van der Waals surface area contributed by atoms with Crippen LogP contribution in [0.2, 0.25) is 0 Å². The van der Waals surface area contributed by atoms with E-state index in [1.807, 2.05) is 31.1 Å². The normalized spacial score (nSPS) is 26.6. The lowest BCUT2D eigenvalue weighted by molar-refractivity contribution is -0.126. The number of fused-ring (bicyclic) bond motifs is 1. The Morgan fingerprint density at radius 2 is 1.88 bits per heavy atom. The minimum absolute atomic E-state index is 0.0450. The lowest BCUT2D eigenvalue weighted by Gasteiger charge is -2.36. The molecule has 1 saturated carbocycles. The van der Waals surface area contributed by atoms with Crippen LogP contribution in [0.25, 0.3) is 0 Å². The van der Waals surface area contributed by atoms with E-state index in [2.05, 4.69) is 15.5 Å². The number of aromatic nitrogens is 1. The van der Waals surface area contributed by atoms with Crippen molar-refractivity contribution in [3.63, 3.8) is 0 Å². The molecule has 2 unspecified atom stereocenters. The number of hydrazone groups is 1. The van der Waals surface area contributed by atoms with Crippen molar-refractivity contribution in [3.8, 4) is 5.88 Å².